The second-order valence-electron chi connectivity index (χ2n) is 6.68. The molecule has 2 aromatic carbocycles. The third-order valence-electron chi connectivity index (χ3n) is 5.10. The molecule has 136 valence electrons. The van der Waals surface area contributed by atoms with Crippen LogP contribution in [-0.2, 0) is 5.54 Å². The molecule has 1 aliphatic rings. The molecule has 0 aromatic heterocycles. The van der Waals surface area contributed by atoms with Crippen molar-refractivity contribution in [2.45, 2.75) is 31.3 Å². The monoisotopic (exact) mass is 416 g/mol. The second-order valence-corrected chi connectivity index (χ2v) is 7.60. The number of nitrogens with one attached hydrogen (secondary N) is 1. The Morgan fingerprint density at radius 2 is 1.92 bits per heavy atom. The van der Waals surface area contributed by atoms with Crippen molar-refractivity contribution in [3.63, 3.8) is 0 Å². The summed E-state index contributed by atoms with van der Waals surface area (Å²) in [5.74, 6) is -0.282. The maximum atomic E-state index is 13.3. The highest BCUT2D eigenvalue weighted by Crippen LogP contribution is 2.35. The first-order valence-electron chi connectivity index (χ1n) is 8.66. The fourth-order valence-corrected chi connectivity index (χ4v) is 3.81. The minimum atomic E-state index is -0.539. The predicted octanol–water partition coefficient (Wildman–Crippen LogP) is 5.54. The van der Waals surface area contributed by atoms with Crippen LogP contribution in [0.25, 0.3) is 0 Å². The van der Waals surface area contributed by atoms with Gasteiger partial charge in [-0.2, -0.15) is 0 Å². The average Bonchev–Trinajstić information content (AvgIpc) is 2.63. The lowest BCUT2D eigenvalue weighted by atomic mass is 9.81. The lowest BCUT2D eigenvalue weighted by molar-refractivity contribution is 0.126. The van der Waals surface area contributed by atoms with Gasteiger partial charge in [-0.25, -0.2) is 9.18 Å². The molecule has 3 nitrogen and oxygen atoms in total. The Kier molecular flexibility index (Phi) is 5.47. The van der Waals surface area contributed by atoms with Gasteiger partial charge in [0.25, 0.3) is 0 Å². The van der Waals surface area contributed by atoms with Crippen molar-refractivity contribution in [3.05, 3.63) is 82.6 Å². The van der Waals surface area contributed by atoms with Gasteiger partial charge in [-0.3, -0.25) is 0 Å². The molecule has 0 spiro atoms. The first-order valence-corrected chi connectivity index (χ1v) is 9.46. The molecule has 1 aliphatic heterocycles. The topological polar surface area (TPSA) is 32.3 Å². The van der Waals surface area contributed by atoms with E-state index in [0.717, 1.165) is 22.0 Å². The molecule has 0 bridgehead atoms. The molecule has 0 radical (unpaired) electrons. The molecule has 0 unspecified atom stereocenters. The van der Waals surface area contributed by atoms with E-state index in [-0.39, 0.29) is 17.9 Å². The van der Waals surface area contributed by atoms with Crippen molar-refractivity contribution in [3.8, 4) is 0 Å². The minimum Gasteiger partial charge on any atom is -0.328 e. The smallest absolute Gasteiger partial charge is 0.318 e. The normalized spacial score (nSPS) is 21.2. The van der Waals surface area contributed by atoms with Gasteiger partial charge in [-0.15, -0.1) is 6.58 Å². The van der Waals surface area contributed by atoms with Crippen LogP contribution in [0.15, 0.2) is 65.7 Å². The molecular formula is C21H22BrFN2O. The molecule has 2 amide bonds. The summed E-state index contributed by atoms with van der Waals surface area (Å²) in [5, 5.41) is 3.16. The van der Waals surface area contributed by atoms with Gasteiger partial charge in [-0.1, -0.05) is 46.3 Å². The highest BCUT2D eigenvalue weighted by Gasteiger charge is 2.40. The number of halogens is 2. The van der Waals surface area contributed by atoms with E-state index in [2.05, 4.69) is 27.8 Å². The molecule has 5 heteroatoms. The highest BCUT2D eigenvalue weighted by molar-refractivity contribution is 9.10. The lowest BCUT2D eigenvalue weighted by Gasteiger charge is -2.44. The SMILES string of the molecule is C=CC[C@]1(c2ccc(F)cc2)CCN([C@@H](C)c2ccc(Br)cc2)C(=O)N1. The molecule has 1 fully saturated rings. The summed E-state index contributed by atoms with van der Waals surface area (Å²) in [7, 11) is 0. The fourth-order valence-electron chi connectivity index (χ4n) is 3.55. The van der Waals surface area contributed by atoms with Crippen LogP contribution in [0.1, 0.15) is 36.9 Å². The Labute approximate surface area is 162 Å². The number of rotatable bonds is 5. The molecule has 0 aliphatic carbocycles. The number of urea groups is 1. The summed E-state index contributed by atoms with van der Waals surface area (Å²) in [6.45, 7) is 6.48. The summed E-state index contributed by atoms with van der Waals surface area (Å²) in [4.78, 5) is 14.7. The van der Waals surface area contributed by atoms with Crippen LogP contribution < -0.4 is 5.32 Å². The van der Waals surface area contributed by atoms with Crippen LogP contribution in [0.4, 0.5) is 9.18 Å². The molecular weight excluding hydrogens is 395 g/mol. The second kappa shape index (κ2) is 7.62. The average molecular weight is 417 g/mol. The van der Waals surface area contributed by atoms with E-state index in [4.69, 9.17) is 0 Å². The van der Waals surface area contributed by atoms with E-state index in [1.165, 1.54) is 12.1 Å². The van der Waals surface area contributed by atoms with Crippen molar-refractivity contribution in [2.75, 3.05) is 6.54 Å². The van der Waals surface area contributed by atoms with Gasteiger partial charge in [0.1, 0.15) is 5.82 Å². The summed E-state index contributed by atoms with van der Waals surface area (Å²) in [5.41, 5.74) is 1.45. The third-order valence-corrected chi connectivity index (χ3v) is 5.62. The van der Waals surface area contributed by atoms with Crippen molar-refractivity contribution in [1.82, 2.24) is 10.2 Å². The van der Waals surface area contributed by atoms with Gasteiger partial charge < -0.3 is 10.2 Å². The van der Waals surface area contributed by atoms with E-state index >= 15 is 0 Å². The van der Waals surface area contributed by atoms with Crippen molar-refractivity contribution < 1.29 is 9.18 Å². The molecule has 2 atom stereocenters. The zero-order valence-electron chi connectivity index (χ0n) is 14.7. The maximum Gasteiger partial charge on any atom is 0.318 e. The number of nitrogens with zero attached hydrogens (tertiary/aromatic N) is 1. The molecule has 2 aromatic rings. The van der Waals surface area contributed by atoms with E-state index < -0.39 is 5.54 Å². The molecule has 0 saturated carbocycles. The summed E-state index contributed by atoms with van der Waals surface area (Å²) in [6.07, 6.45) is 3.14. The predicted molar refractivity (Wildman–Crippen MR) is 105 cm³/mol. The zero-order chi connectivity index (χ0) is 18.7. The number of hydrogen-bond acceptors (Lipinski definition) is 1. The maximum absolute atomic E-state index is 13.3. The van der Waals surface area contributed by atoms with Crippen molar-refractivity contribution >= 4 is 22.0 Å². The van der Waals surface area contributed by atoms with Gasteiger partial charge in [0.15, 0.2) is 0 Å². The Hall–Kier alpha value is -2.14. The van der Waals surface area contributed by atoms with Crippen LogP contribution in [0.5, 0.6) is 0 Å². The number of carbonyl (C=O) groups is 1. The van der Waals surface area contributed by atoms with Crippen LogP contribution >= 0.6 is 15.9 Å². The quantitative estimate of drug-likeness (QED) is 0.637. The molecule has 1 heterocycles. The van der Waals surface area contributed by atoms with Gasteiger partial charge in [-0.05, 0) is 55.2 Å². The number of benzene rings is 2. The Morgan fingerprint density at radius 1 is 1.27 bits per heavy atom. The van der Waals surface area contributed by atoms with Gasteiger partial charge in [0, 0.05) is 11.0 Å². The largest absolute Gasteiger partial charge is 0.328 e. The molecule has 1 N–H and O–H groups in total. The molecule has 1 saturated heterocycles. The first kappa shape index (κ1) is 18.6. The Morgan fingerprint density at radius 3 is 2.50 bits per heavy atom. The Balaban J connectivity index is 1.83. The van der Waals surface area contributed by atoms with Gasteiger partial charge in [0.2, 0.25) is 0 Å². The van der Waals surface area contributed by atoms with E-state index in [1.54, 1.807) is 18.2 Å². The summed E-state index contributed by atoms with van der Waals surface area (Å²) in [6, 6.07) is 14.2. The minimum absolute atomic E-state index is 0.0296. The first-order chi connectivity index (χ1) is 12.4. The Bertz CT molecular complexity index is 791. The number of amides is 2. The number of carbonyl (C=O) groups excluding carboxylic acids is 1. The summed E-state index contributed by atoms with van der Waals surface area (Å²) < 4.78 is 14.3. The van der Waals surface area contributed by atoms with Crippen LogP contribution in [0, 0.1) is 5.82 Å². The van der Waals surface area contributed by atoms with E-state index in [9.17, 15) is 9.18 Å². The lowest BCUT2D eigenvalue weighted by Crippen LogP contribution is -2.58. The molecule has 26 heavy (non-hydrogen) atoms. The van der Waals surface area contributed by atoms with Crippen molar-refractivity contribution in [1.29, 1.82) is 0 Å². The molecule has 3 rings (SSSR count). The zero-order valence-corrected chi connectivity index (χ0v) is 16.3. The van der Waals surface area contributed by atoms with Gasteiger partial charge in [0.05, 0.1) is 11.6 Å². The standard InChI is InChI=1S/C21H22BrFN2O/c1-3-12-21(17-6-10-19(23)11-7-17)13-14-25(20(26)24-21)15(2)16-4-8-18(22)9-5-16/h3-11,15H,1,12-14H2,2H3,(H,24,26)/t15-,21+/m0/s1. The van der Waals surface area contributed by atoms with Gasteiger partial charge >= 0.3 is 6.03 Å². The van der Waals surface area contributed by atoms with Crippen LogP contribution in [-0.4, -0.2) is 17.5 Å². The fraction of sp³-hybridized carbons (Fsp3) is 0.286. The van der Waals surface area contributed by atoms with E-state index in [1.807, 2.05) is 36.1 Å². The van der Waals surface area contributed by atoms with Crippen LogP contribution in [0.2, 0.25) is 0 Å². The summed E-state index contributed by atoms with van der Waals surface area (Å²) >= 11 is 3.44. The van der Waals surface area contributed by atoms with Crippen molar-refractivity contribution in [2.24, 2.45) is 0 Å². The number of hydrogen-bond donors (Lipinski definition) is 1. The van der Waals surface area contributed by atoms with Crippen LogP contribution in [0.3, 0.4) is 0 Å². The van der Waals surface area contributed by atoms with E-state index in [0.29, 0.717) is 13.0 Å². The highest BCUT2D eigenvalue weighted by atomic mass is 79.9. The third kappa shape index (κ3) is 3.68.